The molecule has 1 aliphatic rings. The van der Waals surface area contributed by atoms with Crippen LogP contribution in [0, 0.1) is 19.3 Å². The number of carbonyl (C=O) groups is 1. The summed E-state index contributed by atoms with van der Waals surface area (Å²) in [6.07, 6.45) is 1.01. The number of benzene rings is 2. The van der Waals surface area contributed by atoms with Gasteiger partial charge in [0.05, 0.1) is 5.71 Å². The van der Waals surface area contributed by atoms with E-state index in [0.717, 1.165) is 35.5 Å². The maximum absolute atomic E-state index is 12.3. The Morgan fingerprint density at radius 3 is 2.42 bits per heavy atom. The number of carbonyl (C=O) groups excluding carboxylic acids is 1. The van der Waals surface area contributed by atoms with E-state index in [4.69, 9.17) is 16.4 Å². The molecule has 31 heavy (non-hydrogen) atoms. The average molecular weight is 436 g/mol. The van der Waals surface area contributed by atoms with E-state index >= 15 is 0 Å². The maximum Gasteiger partial charge on any atom is 0.437 e. The molecule has 1 aromatic heterocycles. The summed E-state index contributed by atoms with van der Waals surface area (Å²) in [5.41, 5.74) is 7.09. The van der Waals surface area contributed by atoms with Crippen LogP contribution in [0.5, 0.6) is 0 Å². The number of aryl methyl sites for hydroxylation is 2. The summed E-state index contributed by atoms with van der Waals surface area (Å²) < 4.78 is 2.28. The Labute approximate surface area is 187 Å². The monoisotopic (exact) mass is 435 g/mol. The van der Waals surface area contributed by atoms with Gasteiger partial charge in [0.25, 0.3) is 0 Å². The van der Waals surface area contributed by atoms with Gasteiger partial charge in [0, 0.05) is 33.3 Å². The minimum Gasteiger partial charge on any atom is -0.318 e. The summed E-state index contributed by atoms with van der Waals surface area (Å²) in [6, 6.07) is 17.5. The molecule has 0 saturated heterocycles. The van der Waals surface area contributed by atoms with Crippen molar-refractivity contribution >= 4 is 29.1 Å². The second-order valence-electron chi connectivity index (χ2n) is 8.88. The summed E-state index contributed by atoms with van der Waals surface area (Å²) in [5.74, 6) is 0. The molecule has 1 N–H and O–H groups in total. The molecule has 0 saturated carbocycles. The Balaban J connectivity index is 1.62. The highest BCUT2D eigenvalue weighted by Gasteiger charge is 2.33. The third kappa shape index (κ3) is 4.67. The summed E-state index contributed by atoms with van der Waals surface area (Å²) >= 11 is 5.88. The lowest BCUT2D eigenvalue weighted by Crippen LogP contribution is -2.29. The standard InChI is InChI=1S/C25H26ClN3O2/c1-16-5-11-20(12-6-16)29-17(2)13-21-22(14-25(3,4)15-23(21)29)28-31-24(30)27-19-9-7-18(26)8-10-19/h5-13H,14-15H2,1-4H3,(H,27,30)/b28-22+. The van der Waals surface area contributed by atoms with E-state index in [1.165, 1.54) is 11.3 Å². The SMILES string of the molecule is Cc1ccc(-n2c(C)cc3c2CC(C)(C)C/C3=N\OC(=O)Nc2ccc(Cl)cc2)cc1. The van der Waals surface area contributed by atoms with Crippen LogP contribution in [0.25, 0.3) is 5.69 Å². The molecule has 5 nitrogen and oxygen atoms in total. The molecule has 1 aliphatic carbocycles. The predicted molar refractivity (Wildman–Crippen MR) is 125 cm³/mol. The van der Waals surface area contributed by atoms with E-state index in [-0.39, 0.29) is 5.41 Å². The molecule has 0 spiro atoms. The second kappa shape index (κ2) is 8.23. The van der Waals surface area contributed by atoms with Crippen molar-refractivity contribution in [1.82, 2.24) is 4.57 Å². The fourth-order valence-electron chi connectivity index (χ4n) is 4.08. The molecule has 0 fully saturated rings. The molecular formula is C25H26ClN3O2. The number of hydrogen-bond donors (Lipinski definition) is 1. The van der Waals surface area contributed by atoms with Crippen LogP contribution in [0.3, 0.4) is 0 Å². The van der Waals surface area contributed by atoms with Crippen molar-refractivity contribution in [3.63, 3.8) is 0 Å². The Kier molecular flexibility index (Phi) is 5.63. The van der Waals surface area contributed by atoms with Crippen LogP contribution in [0.1, 0.15) is 42.8 Å². The molecule has 0 radical (unpaired) electrons. The van der Waals surface area contributed by atoms with E-state index in [1.54, 1.807) is 24.3 Å². The first-order valence-electron chi connectivity index (χ1n) is 10.3. The van der Waals surface area contributed by atoms with Gasteiger partial charge in [-0.25, -0.2) is 4.79 Å². The Morgan fingerprint density at radius 1 is 1.06 bits per heavy atom. The molecule has 0 unspecified atom stereocenters. The minimum absolute atomic E-state index is 0.00487. The van der Waals surface area contributed by atoms with Gasteiger partial charge in [-0.1, -0.05) is 48.3 Å². The molecule has 4 rings (SSSR count). The number of hydrogen-bond acceptors (Lipinski definition) is 3. The zero-order chi connectivity index (χ0) is 22.2. The van der Waals surface area contributed by atoms with Gasteiger partial charge < -0.3 is 4.57 Å². The van der Waals surface area contributed by atoms with Crippen molar-refractivity contribution in [2.75, 3.05) is 5.32 Å². The van der Waals surface area contributed by atoms with Crippen molar-refractivity contribution in [3.8, 4) is 5.69 Å². The van der Waals surface area contributed by atoms with E-state index in [0.29, 0.717) is 10.7 Å². The van der Waals surface area contributed by atoms with Gasteiger partial charge in [-0.3, -0.25) is 10.2 Å². The highest BCUT2D eigenvalue weighted by atomic mass is 35.5. The predicted octanol–water partition coefficient (Wildman–Crippen LogP) is 6.67. The molecular weight excluding hydrogens is 410 g/mol. The summed E-state index contributed by atoms with van der Waals surface area (Å²) in [6.45, 7) is 8.60. The summed E-state index contributed by atoms with van der Waals surface area (Å²) in [5, 5.41) is 7.53. The van der Waals surface area contributed by atoms with Crippen molar-refractivity contribution in [2.24, 2.45) is 10.6 Å². The van der Waals surface area contributed by atoms with Crippen LogP contribution in [-0.4, -0.2) is 16.4 Å². The molecule has 1 amide bonds. The minimum atomic E-state index is -0.630. The molecule has 3 aromatic rings. The van der Waals surface area contributed by atoms with Gasteiger partial charge >= 0.3 is 6.09 Å². The second-order valence-corrected chi connectivity index (χ2v) is 9.32. The highest BCUT2D eigenvalue weighted by Crippen LogP contribution is 2.38. The highest BCUT2D eigenvalue weighted by molar-refractivity contribution is 6.30. The molecule has 0 aliphatic heterocycles. The van der Waals surface area contributed by atoms with Crippen LogP contribution in [0.15, 0.2) is 59.8 Å². The van der Waals surface area contributed by atoms with Gasteiger partial charge in [-0.2, -0.15) is 0 Å². The van der Waals surface area contributed by atoms with Crippen LogP contribution in [0.4, 0.5) is 10.5 Å². The summed E-state index contributed by atoms with van der Waals surface area (Å²) in [7, 11) is 0. The number of rotatable bonds is 3. The Bertz CT molecular complexity index is 1140. The van der Waals surface area contributed by atoms with Crippen LogP contribution >= 0.6 is 11.6 Å². The Morgan fingerprint density at radius 2 is 1.74 bits per heavy atom. The lowest BCUT2D eigenvalue weighted by molar-refractivity contribution is 0.165. The van der Waals surface area contributed by atoms with E-state index in [2.05, 4.69) is 73.1 Å². The van der Waals surface area contributed by atoms with Gasteiger partial charge in [-0.15, -0.1) is 0 Å². The number of nitrogens with one attached hydrogen (secondary N) is 1. The number of fused-ring (bicyclic) bond motifs is 1. The van der Waals surface area contributed by atoms with Crippen molar-refractivity contribution < 1.29 is 9.63 Å². The van der Waals surface area contributed by atoms with E-state index < -0.39 is 6.09 Å². The zero-order valence-corrected chi connectivity index (χ0v) is 19.0. The van der Waals surface area contributed by atoms with Crippen LogP contribution in [0.2, 0.25) is 5.02 Å². The normalized spacial score (nSPS) is 16.1. The van der Waals surface area contributed by atoms with Gasteiger partial charge in [0.2, 0.25) is 0 Å². The quantitative estimate of drug-likeness (QED) is 0.368. The van der Waals surface area contributed by atoms with Crippen LogP contribution < -0.4 is 5.32 Å². The first-order chi connectivity index (χ1) is 14.7. The lowest BCUT2D eigenvalue weighted by atomic mass is 9.76. The third-order valence-corrected chi connectivity index (χ3v) is 5.76. The average Bonchev–Trinajstić information content (AvgIpc) is 3.03. The van der Waals surface area contributed by atoms with Crippen molar-refractivity contribution in [1.29, 1.82) is 0 Å². The first-order valence-corrected chi connectivity index (χ1v) is 10.7. The molecule has 1 heterocycles. The molecule has 6 heteroatoms. The summed E-state index contributed by atoms with van der Waals surface area (Å²) in [4.78, 5) is 17.5. The molecule has 2 aromatic carbocycles. The van der Waals surface area contributed by atoms with Crippen LogP contribution in [-0.2, 0) is 11.3 Å². The van der Waals surface area contributed by atoms with Gasteiger partial charge in [0.1, 0.15) is 0 Å². The number of amides is 1. The fourth-order valence-corrected chi connectivity index (χ4v) is 4.21. The van der Waals surface area contributed by atoms with E-state index in [9.17, 15) is 4.79 Å². The largest absolute Gasteiger partial charge is 0.437 e. The van der Waals surface area contributed by atoms with Gasteiger partial charge in [-0.05, 0) is 74.6 Å². The number of nitrogens with zero attached hydrogens (tertiary/aromatic N) is 2. The Hall–Kier alpha value is -3.05. The fraction of sp³-hybridized carbons (Fsp3) is 0.280. The zero-order valence-electron chi connectivity index (χ0n) is 18.2. The number of anilines is 1. The maximum atomic E-state index is 12.3. The number of aromatic nitrogens is 1. The number of halogens is 1. The van der Waals surface area contributed by atoms with Crippen molar-refractivity contribution in [2.45, 2.75) is 40.5 Å². The van der Waals surface area contributed by atoms with Gasteiger partial charge in [0.15, 0.2) is 0 Å². The topological polar surface area (TPSA) is 55.6 Å². The first kappa shape index (κ1) is 21.2. The van der Waals surface area contributed by atoms with E-state index in [1.807, 2.05) is 0 Å². The molecule has 0 atom stereocenters. The molecule has 160 valence electrons. The van der Waals surface area contributed by atoms with Crippen molar-refractivity contribution in [3.05, 3.63) is 82.1 Å². The smallest absolute Gasteiger partial charge is 0.318 e. The lowest BCUT2D eigenvalue weighted by Gasteiger charge is -2.31. The third-order valence-electron chi connectivity index (χ3n) is 5.51. The number of oxime groups is 1. The molecule has 0 bridgehead atoms.